The van der Waals surface area contributed by atoms with Crippen LogP contribution in [0.15, 0.2) is 48.5 Å². The average molecular weight is 322 g/mol. The second kappa shape index (κ2) is 8.89. The monoisotopic (exact) mass is 322 g/mol. The highest BCUT2D eigenvalue weighted by atomic mass is 16.7. The predicted octanol–water partition coefficient (Wildman–Crippen LogP) is 5.39. The molecule has 0 spiro atoms. The SMILES string of the molecule is CCCCCc1ccc(ON2CCC(c3[c]cccc3)CC2)cc1. The smallest absolute Gasteiger partial charge is 0.147 e. The highest BCUT2D eigenvalue weighted by molar-refractivity contribution is 5.27. The van der Waals surface area contributed by atoms with Crippen LogP contribution < -0.4 is 4.84 Å². The number of benzene rings is 2. The molecule has 0 aliphatic carbocycles. The van der Waals surface area contributed by atoms with Crippen LogP contribution in [0.2, 0.25) is 0 Å². The number of piperidine rings is 1. The predicted molar refractivity (Wildman–Crippen MR) is 99.1 cm³/mol. The molecule has 0 saturated carbocycles. The van der Waals surface area contributed by atoms with Crippen LogP contribution >= 0.6 is 0 Å². The standard InChI is InChI=1S/C22H28NO/c1-2-3-5-8-19-11-13-22(14-12-19)24-23-17-15-21(16-18-23)20-9-6-4-7-10-20/h4,6-7,9,11-14,21H,2-3,5,8,15-18H2,1H3. The Morgan fingerprint density at radius 3 is 2.50 bits per heavy atom. The van der Waals surface area contributed by atoms with Crippen molar-refractivity contribution < 1.29 is 4.84 Å². The molecule has 127 valence electrons. The average Bonchev–Trinajstić information content (AvgIpc) is 2.65. The minimum absolute atomic E-state index is 0.618. The van der Waals surface area contributed by atoms with Crippen LogP contribution in [0, 0.1) is 6.07 Å². The Balaban J connectivity index is 1.46. The quantitative estimate of drug-likeness (QED) is 0.633. The molecule has 0 aromatic heterocycles. The third-order valence-corrected chi connectivity index (χ3v) is 4.85. The highest BCUT2D eigenvalue weighted by Gasteiger charge is 2.21. The van der Waals surface area contributed by atoms with E-state index in [9.17, 15) is 0 Å². The molecule has 2 nitrogen and oxygen atoms in total. The van der Waals surface area contributed by atoms with Gasteiger partial charge in [0, 0.05) is 13.1 Å². The summed E-state index contributed by atoms with van der Waals surface area (Å²) in [5.74, 6) is 1.57. The molecule has 2 aromatic rings. The lowest BCUT2D eigenvalue weighted by molar-refractivity contribution is -0.0756. The first kappa shape index (κ1) is 17.0. The normalized spacial score (nSPS) is 16.2. The van der Waals surface area contributed by atoms with Gasteiger partial charge in [0.25, 0.3) is 0 Å². The first-order chi connectivity index (χ1) is 11.8. The molecule has 1 aliphatic rings. The fourth-order valence-electron chi connectivity index (χ4n) is 3.36. The summed E-state index contributed by atoms with van der Waals surface area (Å²) in [6.45, 7) is 4.20. The van der Waals surface area contributed by atoms with E-state index in [4.69, 9.17) is 4.84 Å². The lowest BCUT2D eigenvalue weighted by Crippen LogP contribution is -2.35. The Morgan fingerprint density at radius 2 is 1.83 bits per heavy atom. The molecule has 1 radical (unpaired) electrons. The van der Waals surface area contributed by atoms with Crippen molar-refractivity contribution in [3.63, 3.8) is 0 Å². The van der Waals surface area contributed by atoms with E-state index < -0.39 is 0 Å². The summed E-state index contributed by atoms with van der Waals surface area (Å²) in [5.41, 5.74) is 2.75. The second-order valence-corrected chi connectivity index (χ2v) is 6.71. The molecular weight excluding hydrogens is 294 g/mol. The van der Waals surface area contributed by atoms with Crippen molar-refractivity contribution in [2.24, 2.45) is 0 Å². The van der Waals surface area contributed by atoms with E-state index in [1.807, 2.05) is 12.1 Å². The maximum atomic E-state index is 6.04. The molecule has 2 heteroatoms. The zero-order valence-corrected chi connectivity index (χ0v) is 14.7. The summed E-state index contributed by atoms with van der Waals surface area (Å²) in [6, 6.07) is 20.3. The van der Waals surface area contributed by atoms with Gasteiger partial charge in [-0.2, -0.15) is 0 Å². The van der Waals surface area contributed by atoms with Crippen LogP contribution in [0.1, 0.15) is 56.1 Å². The second-order valence-electron chi connectivity index (χ2n) is 6.71. The summed E-state index contributed by atoms with van der Waals surface area (Å²) in [7, 11) is 0. The van der Waals surface area contributed by atoms with Gasteiger partial charge in [-0.05, 0) is 60.9 Å². The summed E-state index contributed by atoms with van der Waals surface area (Å²) >= 11 is 0. The summed E-state index contributed by atoms with van der Waals surface area (Å²) in [5, 5.41) is 2.10. The molecule has 1 saturated heterocycles. The van der Waals surface area contributed by atoms with Crippen LogP contribution in [0.3, 0.4) is 0 Å². The van der Waals surface area contributed by atoms with Gasteiger partial charge in [0.15, 0.2) is 0 Å². The Hall–Kier alpha value is -1.80. The molecule has 1 fully saturated rings. The number of rotatable bonds is 7. The van der Waals surface area contributed by atoms with E-state index in [0.29, 0.717) is 5.92 Å². The number of unbranched alkanes of at least 4 members (excludes halogenated alkanes) is 2. The first-order valence-electron chi connectivity index (χ1n) is 9.33. The van der Waals surface area contributed by atoms with Gasteiger partial charge in [0.2, 0.25) is 0 Å². The van der Waals surface area contributed by atoms with E-state index in [2.05, 4.69) is 54.5 Å². The van der Waals surface area contributed by atoms with Gasteiger partial charge in [-0.1, -0.05) is 56.2 Å². The van der Waals surface area contributed by atoms with E-state index in [1.165, 1.54) is 36.8 Å². The molecule has 0 bridgehead atoms. The van der Waals surface area contributed by atoms with Crippen molar-refractivity contribution in [3.8, 4) is 5.75 Å². The number of hydroxylamine groups is 2. The van der Waals surface area contributed by atoms with E-state index in [0.717, 1.165) is 31.7 Å². The van der Waals surface area contributed by atoms with Crippen LogP contribution in [-0.2, 0) is 6.42 Å². The fourth-order valence-corrected chi connectivity index (χ4v) is 3.36. The molecule has 1 heterocycles. The Morgan fingerprint density at radius 1 is 1.04 bits per heavy atom. The van der Waals surface area contributed by atoms with Gasteiger partial charge in [-0.3, -0.25) is 0 Å². The van der Waals surface area contributed by atoms with Crippen LogP contribution in [0.25, 0.3) is 0 Å². The van der Waals surface area contributed by atoms with Gasteiger partial charge in [0.05, 0.1) is 0 Å². The van der Waals surface area contributed by atoms with Gasteiger partial charge >= 0.3 is 0 Å². The Kier molecular flexibility index (Phi) is 6.31. The van der Waals surface area contributed by atoms with Gasteiger partial charge in [0.1, 0.15) is 5.75 Å². The third kappa shape index (κ3) is 4.85. The largest absolute Gasteiger partial charge is 0.406 e. The lowest BCUT2D eigenvalue weighted by Gasteiger charge is -2.31. The number of nitrogens with zero attached hydrogens (tertiary/aromatic N) is 1. The van der Waals surface area contributed by atoms with E-state index >= 15 is 0 Å². The van der Waals surface area contributed by atoms with Crippen LogP contribution in [0.4, 0.5) is 0 Å². The minimum atomic E-state index is 0.618. The van der Waals surface area contributed by atoms with Crippen LogP contribution in [0.5, 0.6) is 5.75 Å². The number of hydrogen-bond acceptors (Lipinski definition) is 2. The van der Waals surface area contributed by atoms with E-state index in [-0.39, 0.29) is 0 Å². The Bertz CT molecular complexity index is 585. The van der Waals surface area contributed by atoms with Crippen molar-refractivity contribution >= 4 is 0 Å². The summed E-state index contributed by atoms with van der Waals surface area (Å²) < 4.78 is 0. The van der Waals surface area contributed by atoms with Crippen LogP contribution in [-0.4, -0.2) is 18.2 Å². The lowest BCUT2D eigenvalue weighted by atomic mass is 9.90. The molecule has 0 amide bonds. The maximum absolute atomic E-state index is 6.04. The number of hydrogen-bond donors (Lipinski definition) is 0. The highest BCUT2D eigenvalue weighted by Crippen LogP contribution is 2.28. The zero-order chi connectivity index (χ0) is 16.6. The van der Waals surface area contributed by atoms with E-state index in [1.54, 1.807) is 0 Å². The number of aryl methyl sites for hydroxylation is 1. The molecule has 2 aromatic carbocycles. The summed E-state index contributed by atoms with van der Waals surface area (Å²) in [6.07, 6.45) is 7.31. The van der Waals surface area contributed by atoms with Crippen molar-refractivity contribution in [3.05, 3.63) is 65.7 Å². The Labute approximate surface area is 146 Å². The van der Waals surface area contributed by atoms with Gasteiger partial charge in [-0.25, -0.2) is 0 Å². The fraction of sp³-hybridized carbons (Fsp3) is 0.455. The van der Waals surface area contributed by atoms with Crippen molar-refractivity contribution in [1.82, 2.24) is 5.06 Å². The van der Waals surface area contributed by atoms with Gasteiger partial charge < -0.3 is 4.84 Å². The molecule has 0 atom stereocenters. The molecule has 0 unspecified atom stereocenters. The molecule has 3 rings (SSSR count). The zero-order valence-electron chi connectivity index (χ0n) is 14.7. The molecular formula is C22H28NO. The third-order valence-electron chi connectivity index (χ3n) is 4.85. The first-order valence-corrected chi connectivity index (χ1v) is 9.33. The topological polar surface area (TPSA) is 12.5 Å². The molecule has 24 heavy (non-hydrogen) atoms. The minimum Gasteiger partial charge on any atom is -0.406 e. The van der Waals surface area contributed by atoms with Crippen molar-refractivity contribution in [1.29, 1.82) is 0 Å². The van der Waals surface area contributed by atoms with Crippen molar-refractivity contribution in [2.75, 3.05) is 13.1 Å². The maximum Gasteiger partial charge on any atom is 0.147 e. The molecule has 0 N–H and O–H groups in total. The molecule has 1 aliphatic heterocycles. The summed E-state index contributed by atoms with van der Waals surface area (Å²) in [4.78, 5) is 6.04. The van der Waals surface area contributed by atoms with Gasteiger partial charge in [-0.15, -0.1) is 5.06 Å². The van der Waals surface area contributed by atoms with Crippen molar-refractivity contribution in [2.45, 2.75) is 51.4 Å².